The van der Waals surface area contributed by atoms with Crippen LogP contribution in [0, 0.1) is 0 Å². The van der Waals surface area contributed by atoms with E-state index in [1.807, 2.05) is 0 Å². The molecular formula is C25H50. The number of rotatable bonds is 20. The molecule has 0 rings (SSSR count). The first-order valence-corrected chi connectivity index (χ1v) is 12.0. The van der Waals surface area contributed by atoms with Crippen LogP contribution in [0.5, 0.6) is 0 Å². The Balaban J connectivity index is 3.23. The van der Waals surface area contributed by atoms with E-state index in [0.717, 1.165) is 0 Å². The Morgan fingerprint density at radius 2 is 0.840 bits per heavy atom. The molecule has 0 fully saturated rings. The van der Waals surface area contributed by atoms with Gasteiger partial charge in [0.2, 0.25) is 0 Å². The third kappa shape index (κ3) is 21.7. The Labute approximate surface area is 161 Å². The first-order valence-electron chi connectivity index (χ1n) is 12.0. The zero-order valence-electron chi connectivity index (χ0n) is 18.2. The molecule has 0 unspecified atom stereocenters. The van der Waals surface area contributed by atoms with Crippen LogP contribution in [0.4, 0.5) is 0 Å². The van der Waals surface area contributed by atoms with E-state index >= 15 is 0 Å². The monoisotopic (exact) mass is 350 g/mol. The summed E-state index contributed by atoms with van der Waals surface area (Å²) in [7, 11) is 0. The van der Waals surface area contributed by atoms with Gasteiger partial charge < -0.3 is 0 Å². The molecule has 0 amide bonds. The van der Waals surface area contributed by atoms with Gasteiger partial charge in [0.05, 0.1) is 0 Å². The van der Waals surface area contributed by atoms with E-state index < -0.39 is 0 Å². The smallest absolute Gasteiger partial charge is 0.0323 e. The van der Waals surface area contributed by atoms with Gasteiger partial charge in [0, 0.05) is 0 Å². The first kappa shape index (κ1) is 24.7. The van der Waals surface area contributed by atoms with E-state index in [9.17, 15) is 0 Å². The summed E-state index contributed by atoms with van der Waals surface area (Å²) in [6, 6.07) is 0. The lowest BCUT2D eigenvalue weighted by molar-refractivity contribution is 0.562. The highest BCUT2D eigenvalue weighted by Crippen LogP contribution is 2.15. The van der Waals surface area contributed by atoms with Crippen LogP contribution in [-0.4, -0.2) is 0 Å². The predicted molar refractivity (Wildman–Crippen MR) is 117 cm³/mol. The third-order valence-corrected chi connectivity index (χ3v) is 5.48. The summed E-state index contributed by atoms with van der Waals surface area (Å²) in [6.45, 7) is 6.94. The van der Waals surface area contributed by atoms with Crippen molar-refractivity contribution < 1.29 is 0 Å². The summed E-state index contributed by atoms with van der Waals surface area (Å²) < 4.78 is 0. The van der Waals surface area contributed by atoms with Gasteiger partial charge in [-0.1, -0.05) is 128 Å². The fraction of sp³-hybridized carbons (Fsp3) is 0.920. The van der Waals surface area contributed by atoms with Gasteiger partial charge in [-0.3, -0.25) is 0 Å². The fourth-order valence-corrected chi connectivity index (χ4v) is 3.62. The summed E-state index contributed by atoms with van der Waals surface area (Å²) in [5.74, 6) is 0. The summed E-state index contributed by atoms with van der Waals surface area (Å²) in [5.41, 5.74) is 1.64. The Bertz CT molecular complexity index is 263. The van der Waals surface area contributed by atoms with Crippen LogP contribution in [0.25, 0.3) is 0 Å². The molecule has 0 aromatic carbocycles. The van der Waals surface area contributed by atoms with E-state index in [4.69, 9.17) is 0 Å². The normalized spacial score (nSPS) is 12.0. The number of allylic oxidation sites excluding steroid dienone is 2. The van der Waals surface area contributed by atoms with Gasteiger partial charge in [0.1, 0.15) is 0 Å². The lowest BCUT2D eigenvalue weighted by atomic mass is 10.0. The van der Waals surface area contributed by atoms with Gasteiger partial charge in [-0.15, -0.1) is 0 Å². The Morgan fingerprint density at radius 3 is 1.28 bits per heavy atom. The van der Waals surface area contributed by atoms with E-state index in [1.54, 1.807) is 5.57 Å². The van der Waals surface area contributed by atoms with Crippen molar-refractivity contribution in [3.63, 3.8) is 0 Å². The zero-order chi connectivity index (χ0) is 18.4. The van der Waals surface area contributed by atoms with Crippen LogP contribution in [0.3, 0.4) is 0 Å². The molecule has 0 aliphatic carbocycles. The molecule has 0 N–H and O–H groups in total. The van der Waals surface area contributed by atoms with Crippen molar-refractivity contribution in [2.45, 2.75) is 149 Å². The molecule has 25 heavy (non-hydrogen) atoms. The predicted octanol–water partition coefficient (Wildman–Crippen LogP) is 9.77. The third-order valence-electron chi connectivity index (χ3n) is 5.48. The second-order valence-corrected chi connectivity index (χ2v) is 8.25. The summed E-state index contributed by atoms with van der Waals surface area (Å²) in [4.78, 5) is 0. The topological polar surface area (TPSA) is 0 Å². The maximum atomic E-state index is 2.52. The molecule has 0 aromatic heterocycles. The van der Waals surface area contributed by atoms with Crippen molar-refractivity contribution in [3.05, 3.63) is 11.6 Å². The highest BCUT2D eigenvalue weighted by molar-refractivity contribution is 4.97. The van der Waals surface area contributed by atoms with E-state index in [0.29, 0.717) is 0 Å². The molecule has 0 heteroatoms. The van der Waals surface area contributed by atoms with Gasteiger partial charge in [-0.25, -0.2) is 0 Å². The summed E-state index contributed by atoms with van der Waals surface area (Å²) in [6.07, 6.45) is 31.1. The van der Waals surface area contributed by atoms with Crippen LogP contribution >= 0.6 is 0 Å². The minimum absolute atomic E-state index is 1.32. The molecule has 0 aliphatic heterocycles. The molecule has 0 saturated carbocycles. The number of hydrogen-bond acceptors (Lipinski definition) is 0. The molecule has 0 aliphatic rings. The fourth-order valence-electron chi connectivity index (χ4n) is 3.62. The average molecular weight is 351 g/mol. The molecular weight excluding hydrogens is 300 g/mol. The lowest BCUT2D eigenvalue weighted by Crippen LogP contribution is -1.84. The molecule has 0 aromatic rings. The standard InChI is InChI=1S/C25H50/c1-4-6-8-10-12-14-16-18-20-22-24-25(3)23-21-19-17-15-13-11-9-7-5-2/h24H,4-23H2,1-3H3. The van der Waals surface area contributed by atoms with Crippen molar-refractivity contribution >= 4 is 0 Å². The van der Waals surface area contributed by atoms with E-state index in [2.05, 4.69) is 26.8 Å². The van der Waals surface area contributed by atoms with E-state index in [-0.39, 0.29) is 0 Å². The Hall–Kier alpha value is -0.260. The van der Waals surface area contributed by atoms with Gasteiger partial charge in [-0.05, 0) is 32.6 Å². The van der Waals surface area contributed by atoms with Gasteiger partial charge in [-0.2, -0.15) is 0 Å². The Kier molecular flexibility index (Phi) is 21.6. The zero-order valence-corrected chi connectivity index (χ0v) is 18.2. The minimum Gasteiger partial charge on any atom is -0.0856 e. The van der Waals surface area contributed by atoms with Crippen molar-refractivity contribution in [2.75, 3.05) is 0 Å². The Morgan fingerprint density at radius 1 is 0.480 bits per heavy atom. The van der Waals surface area contributed by atoms with Crippen LogP contribution in [-0.2, 0) is 0 Å². The lowest BCUT2D eigenvalue weighted by Gasteiger charge is -2.04. The van der Waals surface area contributed by atoms with Crippen molar-refractivity contribution in [3.8, 4) is 0 Å². The minimum atomic E-state index is 1.32. The van der Waals surface area contributed by atoms with Crippen molar-refractivity contribution in [1.29, 1.82) is 0 Å². The van der Waals surface area contributed by atoms with Crippen LogP contribution < -0.4 is 0 Å². The first-order chi connectivity index (χ1) is 12.3. The van der Waals surface area contributed by atoms with Crippen LogP contribution in [0.2, 0.25) is 0 Å². The quantitative estimate of drug-likeness (QED) is 0.151. The number of unbranched alkanes of at least 4 members (excludes halogenated alkanes) is 17. The summed E-state index contributed by atoms with van der Waals surface area (Å²) >= 11 is 0. The average Bonchev–Trinajstić information content (AvgIpc) is 2.62. The van der Waals surface area contributed by atoms with Gasteiger partial charge in [0.15, 0.2) is 0 Å². The molecule has 0 bridgehead atoms. The molecule has 0 heterocycles. The molecule has 150 valence electrons. The van der Waals surface area contributed by atoms with Gasteiger partial charge >= 0.3 is 0 Å². The second kappa shape index (κ2) is 21.8. The molecule has 0 saturated heterocycles. The largest absolute Gasteiger partial charge is 0.0856 e. The highest BCUT2D eigenvalue weighted by Gasteiger charge is 1.95. The number of hydrogen-bond donors (Lipinski definition) is 0. The maximum Gasteiger partial charge on any atom is -0.0323 e. The molecule has 0 spiro atoms. The molecule has 0 radical (unpaired) electrons. The molecule has 0 nitrogen and oxygen atoms in total. The van der Waals surface area contributed by atoms with E-state index in [1.165, 1.54) is 128 Å². The SMILES string of the molecule is CCCCCCCCCCCC=C(C)CCCCCCCCCCC. The van der Waals surface area contributed by atoms with Crippen LogP contribution in [0.1, 0.15) is 149 Å². The van der Waals surface area contributed by atoms with Crippen LogP contribution in [0.15, 0.2) is 11.6 Å². The van der Waals surface area contributed by atoms with Gasteiger partial charge in [0.25, 0.3) is 0 Å². The maximum absolute atomic E-state index is 2.52. The van der Waals surface area contributed by atoms with Crippen molar-refractivity contribution in [1.82, 2.24) is 0 Å². The summed E-state index contributed by atoms with van der Waals surface area (Å²) in [5, 5.41) is 0. The second-order valence-electron chi connectivity index (χ2n) is 8.25. The molecule has 0 atom stereocenters. The van der Waals surface area contributed by atoms with Crippen molar-refractivity contribution in [2.24, 2.45) is 0 Å². The highest BCUT2D eigenvalue weighted by atomic mass is 14.0.